The summed E-state index contributed by atoms with van der Waals surface area (Å²) in [5.74, 6) is -0.906. The van der Waals surface area contributed by atoms with Crippen LogP contribution in [0.2, 0.25) is 0 Å². The van der Waals surface area contributed by atoms with Gasteiger partial charge in [-0.25, -0.2) is 4.79 Å². The zero-order chi connectivity index (χ0) is 21.2. The Kier molecular flexibility index (Phi) is 13.1. The zero-order valence-corrected chi connectivity index (χ0v) is 19.5. The summed E-state index contributed by atoms with van der Waals surface area (Å²) < 4.78 is 10.2. The second-order valence-electron chi connectivity index (χ2n) is 7.01. The standard InChI is InChI=1S/C22H34O5P.ClH/c1-6-28(7-2,8-3)20(18-12-10-9-11-13-18)14-21(24)26-15-19(23)16-27-22(25)17(4)5;/h9-13,19-20,23H,4,6-8,14-16H2,1-3,5H3;1H/q+1;/p-1. The molecule has 2 unspecified atom stereocenters. The lowest BCUT2D eigenvalue weighted by atomic mass is 10.1. The number of esters is 2. The summed E-state index contributed by atoms with van der Waals surface area (Å²) in [6.45, 7) is 11.2. The normalized spacial score (nSPS) is 13.0. The number of ether oxygens (including phenoxy) is 2. The molecule has 1 rings (SSSR count). The van der Waals surface area contributed by atoms with Crippen molar-refractivity contribution in [2.75, 3.05) is 31.7 Å². The summed E-state index contributed by atoms with van der Waals surface area (Å²) in [5.41, 5.74) is 1.59. The Labute approximate surface area is 181 Å². The summed E-state index contributed by atoms with van der Waals surface area (Å²) in [4.78, 5) is 23.9. The molecule has 0 aliphatic rings. The van der Waals surface area contributed by atoms with Crippen molar-refractivity contribution in [1.82, 2.24) is 0 Å². The Hall–Kier alpha value is -1.42. The highest BCUT2D eigenvalue weighted by Gasteiger charge is 2.43. The van der Waals surface area contributed by atoms with E-state index < -0.39 is 19.3 Å². The van der Waals surface area contributed by atoms with Crippen LogP contribution < -0.4 is 12.4 Å². The fraction of sp³-hybridized carbons (Fsp3) is 0.545. The summed E-state index contributed by atoms with van der Waals surface area (Å²) in [6.07, 6.45) is 2.47. The molecular formula is C22H34ClO5P. The maximum atomic E-state index is 12.5. The van der Waals surface area contributed by atoms with Gasteiger partial charge in [-0.1, -0.05) is 36.9 Å². The van der Waals surface area contributed by atoms with Crippen LogP contribution in [0.3, 0.4) is 0 Å². The molecular weight excluding hydrogens is 411 g/mol. The number of rotatable bonds is 12. The first-order chi connectivity index (χ1) is 13.3. The van der Waals surface area contributed by atoms with Gasteiger partial charge < -0.3 is 27.0 Å². The lowest BCUT2D eigenvalue weighted by Crippen LogP contribution is -3.00. The highest BCUT2D eigenvalue weighted by Crippen LogP contribution is 2.70. The van der Waals surface area contributed by atoms with Gasteiger partial charge in [0.25, 0.3) is 0 Å². The predicted molar refractivity (Wildman–Crippen MR) is 115 cm³/mol. The summed E-state index contributed by atoms with van der Waals surface area (Å²) in [5, 5.41) is 9.90. The second kappa shape index (κ2) is 13.7. The van der Waals surface area contributed by atoms with Crippen LogP contribution in [0.4, 0.5) is 0 Å². The van der Waals surface area contributed by atoms with Crippen LogP contribution >= 0.6 is 7.26 Å². The minimum absolute atomic E-state index is 0. The molecule has 7 heteroatoms. The largest absolute Gasteiger partial charge is 1.00 e. The first-order valence-corrected chi connectivity index (χ1v) is 12.3. The smallest absolute Gasteiger partial charge is 0.333 e. The molecule has 1 aromatic rings. The Balaban J connectivity index is 0.00000784. The third kappa shape index (κ3) is 8.46. The first kappa shape index (κ1) is 27.6. The van der Waals surface area contributed by atoms with Crippen LogP contribution in [-0.4, -0.2) is 54.8 Å². The van der Waals surface area contributed by atoms with Crippen molar-refractivity contribution in [2.24, 2.45) is 0 Å². The molecule has 1 N–H and O–H groups in total. The maximum Gasteiger partial charge on any atom is 0.333 e. The third-order valence-electron chi connectivity index (χ3n) is 5.29. The lowest BCUT2D eigenvalue weighted by Gasteiger charge is -2.32. The summed E-state index contributed by atoms with van der Waals surface area (Å²) in [7, 11) is -1.35. The second-order valence-corrected chi connectivity index (χ2v) is 12.0. The van der Waals surface area contributed by atoms with Crippen molar-refractivity contribution in [3.63, 3.8) is 0 Å². The van der Waals surface area contributed by atoms with E-state index in [1.165, 1.54) is 12.5 Å². The Morgan fingerprint density at radius 3 is 2.03 bits per heavy atom. The van der Waals surface area contributed by atoms with E-state index in [1.54, 1.807) is 0 Å². The van der Waals surface area contributed by atoms with Gasteiger partial charge in [-0.3, -0.25) is 4.79 Å². The minimum atomic E-state index is -1.35. The summed E-state index contributed by atoms with van der Waals surface area (Å²) in [6, 6.07) is 10.1. The van der Waals surface area contributed by atoms with Gasteiger partial charge in [0.05, 0.1) is 24.9 Å². The van der Waals surface area contributed by atoms with Crippen LogP contribution in [0, 0.1) is 0 Å². The topological polar surface area (TPSA) is 72.8 Å². The molecule has 0 bridgehead atoms. The van der Waals surface area contributed by atoms with Crippen molar-refractivity contribution in [1.29, 1.82) is 0 Å². The van der Waals surface area contributed by atoms with Crippen LogP contribution in [0.1, 0.15) is 45.3 Å². The first-order valence-electron chi connectivity index (χ1n) is 9.86. The molecule has 0 aliphatic carbocycles. The number of carbonyl (C=O) groups is 2. The monoisotopic (exact) mass is 444 g/mol. The zero-order valence-electron chi connectivity index (χ0n) is 17.9. The van der Waals surface area contributed by atoms with Crippen molar-refractivity contribution >= 4 is 19.2 Å². The van der Waals surface area contributed by atoms with E-state index in [-0.39, 0.29) is 42.8 Å². The Bertz CT molecular complexity index is 638. The molecule has 0 aliphatic heterocycles. The van der Waals surface area contributed by atoms with Gasteiger partial charge in [0.15, 0.2) is 0 Å². The third-order valence-corrected chi connectivity index (χ3v) is 10.9. The number of halogens is 1. The van der Waals surface area contributed by atoms with Gasteiger partial charge in [-0.15, -0.1) is 0 Å². The molecule has 1 aromatic carbocycles. The van der Waals surface area contributed by atoms with Gasteiger partial charge in [-0.2, -0.15) is 0 Å². The summed E-state index contributed by atoms with van der Waals surface area (Å²) >= 11 is 0. The molecule has 0 saturated heterocycles. The number of aliphatic hydroxyl groups excluding tert-OH is 1. The molecule has 0 amide bonds. The van der Waals surface area contributed by atoms with Gasteiger partial charge in [-0.05, 0) is 33.3 Å². The van der Waals surface area contributed by atoms with Crippen LogP contribution in [-0.2, 0) is 19.1 Å². The van der Waals surface area contributed by atoms with Gasteiger partial charge in [0.1, 0.15) is 25.0 Å². The van der Waals surface area contributed by atoms with E-state index in [0.29, 0.717) is 6.42 Å². The number of carbonyl (C=O) groups excluding carboxylic acids is 2. The van der Waals surface area contributed by atoms with E-state index in [2.05, 4.69) is 39.5 Å². The van der Waals surface area contributed by atoms with Crippen molar-refractivity contribution in [2.45, 2.75) is 45.9 Å². The van der Waals surface area contributed by atoms with E-state index in [9.17, 15) is 14.7 Å². The van der Waals surface area contributed by atoms with Crippen LogP contribution in [0.15, 0.2) is 42.5 Å². The molecule has 0 aromatic heterocycles. The van der Waals surface area contributed by atoms with Gasteiger partial charge >= 0.3 is 11.9 Å². The van der Waals surface area contributed by atoms with Crippen LogP contribution in [0.25, 0.3) is 0 Å². The minimum Gasteiger partial charge on any atom is -1.00 e. The van der Waals surface area contributed by atoms with Gasteiger partial charge in [0.2, 0.25) is 0 Å². The molecule has 0 radical (unpaired) electrons. The molecule has 0 spiro atoms. The highest BCUT2D eigenvalue weighted by molar-refractivity contribution is 7.76. The predicted octanol–water partition coefficient (Wildman–Crippen LogP) is 1.22. The number of aliphatic hydroxyl groups is 1. The van der Waals surface area contributed by atoms with Crippen molar-refractivity contribution < 1.29 is 36.6 Å². The van der Waals surface area contributed by atoms with Crippen LogP contribution in [0.5, 0.6) is 0 Å². The molecule has 0 heterocycles. The number of hydrogen-bond donors (Lipinski definition) is 1. The molecule has 29 heavy (non-hydrogen) atoms. The van der Waals surface area contributed by atoms with Crippen molar-refractivity contribution in [3.05, 3.63) is 48.0 Å². The number of hydrogen-bond acceptors (Lipinski definition) is 5. The molecule has 5 nitrogen and oxygen atoms in total. The molecule has 0 fully saturated rings. The molecule has 0 saturated carbocycles. The van der Waals surface area contributed by atoms with Gasteiger partial charge in [0, 0.05) is 12.8 Å². The van der Waals surface area contributed by atoms with E-state index in [0.717, 1.165) is 18.5 Å². The maximum absolute atomic E-state index is 12.5. The number of benzene rings is 1. The van der Waals surface area contributed by atoms with E-state index in [4.69, 9.17) is 9.47 Å². The fourth-order valence-electron chi connectivity index (χ4n) is 3.38. The molecule has 2 atom stereocenters. The van der Waals surface area contributed by atoms with E-state index in [1.807, 2.05) is 18.2 Å². The Morgan fingerprint density at radius 2 is 1.55 bits per heavy atom. The highest BCUT2D eigenvalue weighted by atomic mass is 35.5. The average Bonchev–Trinajstić information content (AvgIpc) is 2.71. The SMILES string of the molecule is C=C(C)C(=O)OCC(O)COC(=O)CC(c1ccccc1)[P+](CC)(CC)CC.[Cl-]. The van der Waals surface area contributed by atoms with E-state index >= 15 is 0 Å². The fourth-order valence-corrected chi connectivity index (χ4v) is 7.39. The van der Waals surface area contributed by atoms with Crippen molar-refractivity contribution in [3.8, 4) is 0 Å². The quantitative estimate of drug-likeness (QED) is 0.298. The average molecular weight is 445 g/mol. The Morgan fingerprint density at radius 1 is 1.03 bits per heavy atom. The molecule has 164 valence electrons. The lowest BCUT2D eigenvalue weighted by molar-refractivity contribution is -0.150.